The van der Waals surface area contributed by atoms with E-state index < -0.39 is 0 Å². The second-order valence-electron chi connectivity index (χ2n) is 4.94. The number of rotatable bonds is 5. The molecule has 0 aliphatic heterocycles. The Balaban J connectivity index is 1.89. The smallest absolute Gasteiger partial charge is 0.204 e. The fraction of sp³-hybridized carbons (Fsp3) is 0.188. The molecular weight excluding hydrogens is 316 g/mol. The first kappa shape index (κ1) is 15.3. The van der Waals surface area contributed by atoms with Crippen molar-refractivity contribution in [2.24, 2.45) is 0 Å². The highest BCUT2D eigenvalue weighted by Gasteiger charge is 2.15. The number of benzene rings is 2. The molecule has 0 aliphatic rings. The number of ether oxygens (including phenoxy) is 2. The van der Waals surface area contributed by atoms with Crippen LogP contribution in [-0.4, -0.2) is 27.7 Å². The third-order valence-electron chi connectivity index (χ3n) is 3.47. The van der Waals surface area contributed by atoms with Crippen molar-refractivity contribution in [2.45, 2.75) is 13.5 Å². The molecule has 0 atom stereocenters. The van der Waals surface area contributed by atoms with Crippen molar-refractivity contribution in [3.05, 3.63) is 52.5 Å². The lowest BCUT2D eigenvalue weighted by Gasteiger charge is -2.14. The van der Waals surface area contributed by atoms with Gasteiger partial charge in [-0.05, 0) is 35.4 Å². The Bertz CT molecular complexity index is 806. The Hall–Kier alpha value is -2.60. The number of aromatic nitrogens is 4. The minimum Gasteiger partial charge on any atom is -0.493 e. The van der Waals surface area contributed by atoms with Crippen molar-refractivity contribution in [2.75, 3.05) is 7.11 Å². The molecule has 0 aliphatic carbocycles. The number of nitrogens with one attached hydrogen (secondary N) is 1. The van der Waals surface area contributed by atoms with Crippen molar-refractivity contribution in [3.63, 3.8) is 0 Å². The summed E-state index contributed by atoms with van der Waals surface area (Å²) in [6.45, 7) is 2.45. The van der Waals surface area contributed by atoms with E-state index in [0.717, 1.165) is 11.1 Å². The summed E-state index contributed by atoms with van der Waals surface area (Å²) in [7, 11) is 1.56. The van der Waals surface area contributed by atoms with Crippen LogP contribution in [0.5, 0.6) is 11.5 Å². The summed E-state index contributed by atoms with van der Waals surface area (Å²) in [5.41, 5.74) is 2.95. The molecule has 0 fully saturated rings. The summed E-state index contributed by atoms with van der Waals surface area (Å²) < 4.78 is 11.3. The summed E-state index contributed by atoms with van der Waals surface area (Å²) in [6.07, 6.45) is 0. The molecule has 1 N–H and O–H groups in total. The summed E-state index contributed by atoms with van der Waals surface area (Å²) >= 11 is 6.35. The number of tetrazole rings is 1. The van der Waals surface area contributed by atoms with Crippen molar-refractivity contribution in [1.29, 1.82) is 0 Å². The molecule has 0 saturated heterocycles. The van der Waals surface area contributed by atoms with Gasteiger partial charge >= 0.3 is 0 Å². The number of hydrogen-bond acceptors (Lipinski definition) is 5. The van der Waals surface area contributed by atoms with Crippen LogP contribution in [0, 0.1) is 6.92 Å². The van der Waals surface area contributed by atoms with Crippen LogP contribution in [0.15, 0.2) is 36.4 Å². The molecule has 0 unspecified atom stereocenters. The molecule has 118 valence electrons. The summed E-state index contributed by atoms with van der Waals surface area (Å²) in [5.74, 6) is 1.45. The van der Waals surface area contributed by atoms with Gasteiger partial charge in [0.2, 0.25) is 5.82 Å². The Morgan fingerprint density at radius 1 is 1.22 bits per heavy atom. The minimum absolute atomic E-state index is 0.407. The van der Waals surface area contributed by atoms with Gasteiger partial charge in [0.05, 0.1) is 12.1 Å². The van der Waals surface area contributed by atoms with Gasteiger partial charge in [-0.25, -0.2) is 0 Å². The van der Waals surface area contributed by atoms with Gasteiger partial charge in [0.25, 0.3) is 0 Å². The van der Waals surface area contributed by atoms with Crippen LogP contribution in [0.1, 0.15) is 11.1 Å². The number of H-pyrrole nitrogens is 1. The predicted molar refractivity (Wildman–Crippen MR) is 86.7 cm³/mol. The van der Waals surface area contributed by atoms with Crippen molar-refractivity contribution < 1.29 is 9.47 Å². The van der Waals surface area contributed by atoms with E-state index in [1.54, 1.807) is 19.2 Å². The first-order valence-electron chi connectivity index (χ1n) is 6.97. The highest BCUT2D eigenvalue weighted by Crippen LogP contribution is 2.39. The molecule has 0 saturated carbocycles. The second-order valence-corrected chi connectivity index (χ2v) is 5.35. The van der Waals surface area contributed by atoms with Crippen LogP contribution in [0.2, 0.25) is 5.02 Å². The van der Waals surface area contributed by atoms with Crippen LogP contribution >= 0.6 is 11.6 Å². The van der Waals surface area contributed by atoms with Crippen molar-refractivity contribution in [3.8, 4) is 22.9 Å². The maximum absolute atomic E-state index is 6.35. The maximum Gasteiger partial charge on any atom is 0.204 e. The maximum atomic E-state index is 6.35. The molecule has 7 heteroatoms. The van der Waals surface area contributed by atoms with Gasteiger partial charge < -0.3 is 9.47 Å². The van der Waals surface area contributed by atoms with Gasteiger partial charge in [0, 0.05) is 5.56 Å². The molecule has 3 rings (SSSR count). The predicted octanol–water partition coefficient (Wildman–Crippen LogP) is 3.42. The number of hydrogen-bond donors (Lipinski definition) is 1. The van der Waals surface area contributed by atoms with E-state index in [9.17, 15) is 0 Å². The number of nitrogens with zero attached hydrogens (tertiary/aromatic N) is 3. The van der Waals surface area contributed by atoms with E-state index in [-0.39, 0.29) is 0 Å². The van der Waals surface area contributed by atoms with Gasteiger partial charge in [-0.15, -0.1) is 10.2 Å². The number of aryl methyl sites for hydroxylation is 1. The fourth-order valence-electron chi connectivity index (χ4n) is 2.20. The van der Waals surface area contributed by atoms with Gasteiger partial charge in [-0.3, -0.25) is 0 Å². The lowest BCUT2D eigenvalue weighted by Crippen LogP contribution is -2.00. The molecule has 0 bridgehead atoms. The quantitative estimate of drug-likeness (QED) is 0.776. The lowest BCUT2D eigenvalue weighted by atomic mass is 10.1. The molecule has 23 heavy (non-hydrogen) atoms. The van der Waals surface area contributed by atoms with E-state index in [2.05, 4.69) is 20.6 Å². The number of aromatic amines is 1. The van der Waals surface area contributed by atoms with Crippen LogP contribution in [0.3, 0.4) is 0 Å². The standard InChI is InChI=1S/C16H15ClN4O2/c1-10-5-3-4-6-11(10)9-23-15-13(17)7-12(8-14(15)22-2)16-18-20-21-19-16/h3-8H,9H2,1-2H3,(H,18,19,20,21). The van der Waals surface area contributed by atoms with Gasteiger partial charge in [-0.2, -0.15) is 5.21 Å². The molecular formula is C16H15ClN4O2. The highest BCUT2D eigenvalue weighted by molar-refractivity contribution is 6.32. The highest BCUT2D eigenvalue weighted by atomic mass is 35.5. The third-order valence-corrected chi connectivity index (χ3v) is 3.75. The van der Waals surface area contributed by atoms with E-state index in [1.807, 2.05) is 31.2 Å². The Morgan fingerprint density at radius 3 is 2.74 bits per heavy atom. The monoisotopic (exact) mass is 330 g/mol. The zero-order chi connectivity index (χ0) is 16.2. The summed E-state index contributed by atoms with van der Waals surface area (Å²) in [6, 6.07) is 11.5. The van der Waals surface area contributed by atoms with Gasteiger partial charge in [0.15, 0.2) is 11.5 Å². The van der Waals surface area contributed by atoms with Crippen LogP contribution in [0.4, 0.5) is 0 Å². The molecule has 6 nitrogen and oxygen atoms in total. The zero-order valence-electron chi connectivity index (χ0n) is 12.7. The molecule has 1 heterocycles. The van der Waals surface area contributed by atoms with E-state index in [1.165, 1.54) is 0 Å². The Kier molecular flexibility index (Phi) is 4.43. The Morgan fingerprint density at radius 2 is 2.04 bits per heavy atom. The van der Waals surface area contributed by atoms with E-state index >= 15 is 0 Å². The molecule has 1 aromatic heterocycles. The molecule has 3 aromatic rings. The van der Waals surface area contributed by atoms with E-state index in [0.29, 0.717) is 34.5 Å². The van der Waals surface area contributed by atoms with Crippen LogP contribution in [-0.2, 0) is 6.61 Å². The van der Waals surface area contributed by atoms with Crippen LogP contribution in [0.25, 0.3) is 11.4 Å². The fourth-order valence-corrected chi connectivity index (χ4v) is 2.46. The van der Waals surface area contributed by atoms with Crippen molar-refractivity contribution >= 4 is 11.6 Å². The molecule has 0 spiro atoms. The topological polar surface area (TPSA) is 72.9 Å². The largest absolute Gasteiger partial charge is 0.493 e. The zero-order valence-corrected chi connectivity index (χ0v) is 13.5. The first-order valence-corrected chi connectivity index (χ1v) is 7.35. The van der Waals surface area contributed by atoms with Gasteiger partial charge in [0.1, 0.15) is 6.61 Å². The van der Waals surface area contributed by atoms with Crippen LogP contribution < -0.4 is 9.47 Å². The summed E-state index contributed by atoms with van der Waals surface area (Å²) in [4.78, 5) is 0. The summed E-state index contributed by atoms with van der Waals surface area (Å²) in [5, 5.41) is 14.2. The lowest BCUT2D eigenvalue weighted by molar-refractivity contribution is 0.284. The minimum atomic E-state index is 0.407. The normalized spacial score (nSPS) is 10.6. The average Bonchev–Trinajstić information content (AvgIpc) is 3.09. The van der Waals surface area contributed by atoms with Gasteiger partial charge in [-0.1, -0.05) is 35.9 Å². The molecule has 0 amide bonds. The first-order chi connectivity index (χ1) is 11.2. The molecule has 2 aromatic carbocycles. The average molecular weight is 331 g/mol. The second kappa shape index (κ2) is 6.66. The Labute approximate surface area is 138 Å². The molecule has 0 radical (unpaired) electrons. The SMILES string of the molecule is COc1cc(-c2nn[nH]n2)cc(Cl)c1OCc1ccccc1C. The third kappa shape index (κ3) is 3.27. The number of methoxy groups -OCH3 is 1. The number of halogens is 1. The van der Waals surface area contributed by atoms with Crippen molar-refractivity contribution in [1.82, 2.24) is 20.6 Å². The van der Waals surface area contributed by atoms with E-state index in [4.69, 9.17) is 21.1 Å².